The number of methoxy groups -OCH3 is 1. The first-order chi connectivity index (χ1) is 13.4. The van der Waals surface area contributed by atoms with Gasteiger partial charge in [-0.25, -0.2) is 5.48 Å². The molecule has 0 saturated carbocycles. The lowest BCUT2D eigenvalue weighted by Gasteiger charge is -2.19. The molecule has 2 aromatic rings. The Morgan fingerprint density at radius 2 is 1.79 bits per heavy atom. The number of hydroxylamine groups is 1. The Hall–Kier alpha value is -3.43. The van der Waals surface area contributed by atoms with Gasteiger partial charge in [0.15, 0.2) is 0 Å². The molecule has 0 fully saturated rings. The molecule has 2 atom stereocenters. The van der Waals surface area contributed by atoms with Crippen molar-refractivity contribution in [2.24, 2.45) is 5.16 Å². The second kappa shape index (κ2) is 9.49. The number of rotatable bonds is 7. The zero-order valence-electron chi connectivity index (χ0n) is 15.3. The molecule has 0 spiro atoms. The zero-order chi connectivity index (χ0) is 20.7. The molecular weight excluding hydrogens is 366 g/mol. The predicted octanol–water partition coefficient (Wildman–Crippen LogP) is 1.15. The van der Waals surface area contributed by atoms with Crippen LogP contribution in [0.5, 0.6) is 5.75 Å². The van der Waals surface area contributed by atoms with Crippen molar-refractivity contribution < 1.29 is 29.8 Å². The van der Waals surface area contributed by atoms with Gasteiger partial charge in [-0.3, -0.25) is 14.8 Å². The highest BCUT2D eigenvalue weighted by molar-refractivity contribution is 5.98. The minimum absolute atomic E-state index is 0.269. The number of aliphatic hydroxyl groups excluding tert-OH is 1. The number of ether oxygens (including phenoxy) is 1. The van der Waals surface area contributed by atoms with Crippen molar-refractivity contribution >= 4 is 18.0 Å². The molecule has 2 aromatic carbocycles. The van der Waals surface area contributed by atoms with Gasteiger partial charge in [-0.15, -0.1) is 0 Å². The highest BCUT2D eigenvalue weighted by Crippen LogP contribution is 2.26. The quantitative estimate of drug-likeness (QED) is 0.209. The number of oxime groups is 1. The Balaban J connectivity index is 2.22. The molecule has 2 amide bonds. The lowest BCUT2D eigenvalue weighted by Crippen LogP contribution is -2.51. The van der Waals surface area contributed by atoms with Gasteiger partial charge in [0.25, 0.3) is 11.8 Å². The number of carbonyl (C=O) groups excluding carboxylic acids is 2. The van der Waals surface area contributed by atoms with Crippen LogP contribution in [-0.2, 0) is 4.79 Å². The second-order valence-electron chi connectivity index (χ2n) is 5.95. The number of amides is 2. The third-order valence-corrected chi connectivity index (χ3v) is 4.07. The van der Waals surface area contributed by atoms with Crippen LogP contribution in [0.25, 0.3) is 11.1 Å². The first-order valence-electron chi connectivity index (χ1n) is 8.30. The minimum atomic E-state index is -1.29. The normalized spacial score (nSPS) is 13.0. The predicted molar refractivity (Wildman–Crippen MR) is 101 cm³/mol. The third kappa shape index (κ3) is 4.84. The maximum Gasteiger partial charge on any atom is 0.268 e. The summed E-state index contributed by atoms with van der Waals surface area (Å²) in [6, 6.07) is 10.6. The molecule has 0 saturated heterocycles. The number of hydrogen-bond donors (Lipinski definition) is 5. The van der Waals surface area contributed by atoms with Gasteiger partial charge in [-0.1, -0.05) is 23.4 Å². The van der Waals surface area contributed by atoms with Crippen LogP contribution in [0.15, 0.2) is 47.6 Å². The van der Waals surface area contributed by atoms with Crippen molar-refractivity contribution in [1.29, 1.82) is 0 Å². The highest BCUT2D eigenvalue weighted by Gasteiger charge is 2.25. The SMILES string of the molecule is COc1ccc(-c2ccc(C(=O)N[C@H](C(=O)NO)[C@@H](C)O)cc2)cc1/C=N\O. The van der Waals surface area contributed by atoms with Crippen molar-refractivity contribution in [3.05, 3.63) is 53.6 Å². The van der Waals surface area contributed by atoms with Crippen molar-refractivity contribution in [3.8, 4) is 16.9 Å². The Bertz CT molecular complexity index is 864. The van der Waals surface area contributed by atoms with E-state index in [1.807, 2.05) is 6.07 Å². The van der Waals surface area contributed by atoms with E-state index in [-0.39, 0.29) is 5.56 Å². The van der Waals surface area contributed by atoms with E-state index >= 15 is 0 Å². The van der Waals surface area contributed by atoms with E-state index in [0.29, 0.717) is 11.3 Å². The standard InChI is InChI=1S/C19H21N3O6/c1-11(23)17(19(25)22-27)21-18(24)13-5-3-12(4-6-13)14-7-8-16(28-2)15(9-14)10-20-26/h3-11,17,23,26-27H,1-2H3,(H,21,24)(H,22,25)/b20-10-/t11-,17+/m1/s1. The largest absolute Gasteiger partial charge is 0.496 e. The Morgan fingerprint density at radius 1 is 1.14 bits per heavy atom. The first-order valence-corrected chi connectivity index (χ1v) is 8.30. The summed E-state index contributed by atoms with van der Waals surface area (Å²) in [5.41, 5.74) is 3.87. The van der Waals surface area contributed by atoms with E-state index in [9.17, 15) is 14.7 Å². The fourth-order valence-electron chi connectivity index (χ4n) is 2.59. The molecule has 148 valence electrons. The lowest BCUT2D eigenvalue weighted by molar-refractivity contribution is -0.133. The van der Waals surface area contributed by atoms with Crippen LogP contribution >= 0.6 is 0 Å². The summed E-state index contributed by atoms with van der Waals surface area (Å²) in [6.45, 7) is 1.32. The number of carbonyl (C=O) groups is 2. The molecule has 0 radical (unpaired) electrons. The number of benzene rings is 2. The monoisotopic (exact) mass is 387 g/mol. The minimum Gasteiger partial charge on any atom is -0.496 e. The molecule has 5 N–H and O–H groups in total. The van der Waals surface area contributed by atoms with Crippen molar-refractivity contribution in [2.45, 2.75) is 19.1 Å². The lowest BCUT2D eigenvalue weighted by atomic mass is 10.0. The van der Waals surface area contributed by atoms with E-state index in [0.717, 1.165) is 11.1 Å². The number of aliphatic hydroxyl groups is 1. The number of nitrogens with zero attached hydrogens (tertiary/aromatic N) is 1. The third-order valence-electron chi connectivity index (χ3n) is 4.07. The number of nitrogens with one attached hydrogen (secondary N) is 2. The van der Waals surface area contributed by atoms with Crippen molar-refractivity contribution in [2.75, 3.05) is 7.11 Å². The van der Waals surface area contributed by atoms with Crippen molar-refractivity contribution in [1.82, 2.24) is 10.8 Å². The molecule has 2 rings (SSSR count). The van der Waals surface area contributed by atoms with Gasteiger partial charge in [0.2, 0.25) is 0 Å². The highest BCUT2D eigenvalue weighted by atomic mass is 16.5. The summed E-state index contributed by atoms with van der Waals surface area (Å²) in [4.78, 5) is 23.8. The van der Waals surface area contributed by atoms with E-state index in [4.69, 9.17) is 15.2 Å². The van der Waals surface area contributed by atoms with Gasteiger partial charge >= 0.3 is 0 Å². The molecule has 0 unspecified atom stereocenters. The number of hydrogen-bond acceptors (Lipinski definition) is 7. The first kappa shape index (κ1) is 20.9. The summed E-state index contributed by atoms with van der Waals surface area (Å²) in [7, 11) is 1.51. The second-order valence-corrected chi connectivity index (χ2v) is 5.95. The molecular formula is C19H21N3O6. The van der Waals surface area contributed by atoms with Crippen LogP contribution in [0.4, 0.5) is 0 Å². The molecule has 0 aliphatic carbocycles. The van der Waals surface area contributed by atoms with E-state index in [2.05, 4.69) is 10.5 Å². The Labute approximate surface area is 161 Å². The molecule has 9 nitrogen and oxygen atoms in total. The average molecular weight is 387 g/mol. The fourth-order valence-corrected chi connectivity index (χ4v) is 2.59. The fraction of sp³-hybridized carbons (Fsp3) is 0.211. The summed E-state index contributed by atoms with van der Waals surface area (Å²) >= 11 is 0. The molecule has 28 heavy (non-hydrogen) atoms. The van der Waals surface area contributed by atoms with Gasteiger partial charge in [-0.05, 0) is 42.3 Å². The van der Waals surface area contributed by atoms with Crippen LogP contribution < -0.4 is 15.5 Å². The summed E-state index contributed by atoms with van der Waals surface area (Å²) < 4.78 is 5.20. The summed E-state index contributed by atoms with van der Waals surface area (Å²) in [6.07, 6.45) is 0.0632. The summed E-state index contributed by atoms with van der Waals surface area (Å²) in [5, 5.41) is 32.4. The Morgan fingerprint density at radius 3 is 2.32 bits per heavy atom. The van der Waals surface area contributed by atoms with Gasteiger partial charge < -0.3 is 20.4 Å². The van der Waals surface area contributed by atoms with Gasteiger partial charge in [0, 0.05) is 11.1 Å². The smallest absolute Gasteiger partial charge is 0.268 e. The van der Waals surface area contributed by atoms with Crippen LogP contribution in [-0.4, -0.2) is 52.8 Å². The van der Waals surface area contributed by atoms with Gasteiger partial charge in [0.1, 0.15) is 11.8 Å². The maximum atomic E-state index is 12.3. The van der Waals surface area contributed by atoms with E-state index < -0.39 is 24.0 Å². The van der Waals surface area contributed by atoms with Gasteiger partial charge in [-0.2, -0.15) is 0 Å². The van der Waals surface area contributed by atoms with Crippen LogP contribution in [0.1, 0.15) is 22.8 Å². The summed E-state index contributed by atoms with van der Waals surface area (Å²) in [5.74, 6) is -0.955. The van der Waals surface area contributed by atoms with E-state index in [1.54, 1.807) is 36.4 Å². The maximum absolute atomic E-state index is 12.3. The van der Waals surface area contributed by atoms with Crippen molar-refractivity contribution in [3.63, 3.8) is 0 Å². The molecule has 0 aliphatic heterocycles. The van der Waals surface area contributed by atoms with E-state index in [1.165, 1.54) is 25.7 Å². The van der Waals surface area contributed by atoms with Crippen LogP contribution in [0.3, 0.4) is 0 Å². The molecule has 0 bridgehead atoms. The molecule has 9 heteroatoms. The van der Waals surface area contributed by atoms with Crippen LogP contribution in [0, 0.1) is 0 Å². The molecule has 0 aliphatic rings. The molecule has 0 aromatic heterocycles. The molecule has 0 heterocycles. The van der Waals surface area contributed by atoms with Gasteiger partial charge in [0.05, 0.1) is 19.4 Å². The van der Waals surface area contributed by atoms with Crippen LogP contribution in [0.2, 0.25) is 0 Å². The Kier molecular flexibility index (Phi) is 7.08. The zero-order valence-corrected chi connectivity index (χ0v) is 15.3. The topological polar surface area (TPSA) is 140 Å². The average Bonchev–Trinajstić information content (AvgIpc) is 2.71.